The van der Waals surface area contributed by atoms with Crippen molar-refractivity contribution in [1.29, 1.82) is 0 Å². The first kappa shape index (κ1) is 12.8. The molecule has 0 saturated heterocycles. The second-order valence-corrected chi connectivity index (χ2v) is 4.73. The van der Waals surface area contributed by atoms with Crippen molar-refractivity contribution in [3.05, 3.63) is 17.6 Å². The molecule has 2 aromatic rings. The van der Waals surface area contributed by atoms with Gasteiger partial charge in [-0.15, -0.1) is 0 Å². The predicted octanol–water partition coefficient (Wildman–Crippen LogP) is 1.69. The van der Waals surface area contributed by atoms with Crippen LogP contribution in [0.3, 0.4) is 0 Å². The van der Waals surface area contributed by atoms with Crippen molar-refractivity contribution in [3.63, 3.8) is 0 Å². The molecule has 6 nitrogen and oxygen atoms in total. The summed E-state index contributed by atoms with van der Waals surface area (Å²) >= 11 is 0. The summed E-state index contributed by atoms with van der Waals surface area (Å²) in [5.74, 6) is 1.28. The molecule has 1 atom stereocenters. The van der Waals surface area contributed by atoms with Gasteiger partial charge in [0.1, 0.15) is 5.69 Å². The Morgan fingerprint density at radius 2 is 2.17 bits per heavy atom. The molecule has 6 heteroatoms. The molecule has 2 N–H and O–H groups in total. The molecular weight excluding hydrogens is 230 g/mol. The van der Waals surface area contributed by atoms with Crippen molar-refractivity contribution >= 4 is 0 Å². The minimum absolute atomic E-state index is 0.207. The molecule has 18 heavy (non-hydrogen) atoms. The van der Waals surface area contributed by atoms with Gasteiger partial charge in [0.05, 0.1) is 11.7 Å². The Hall–Kier alpha value is -1.69. The van der Waals surface area contributed by atoms with Crippen LogP contribution in [0.2, 0.25) is 0 Å². The summed E-state index contributed by atoms with van der Waals surface area (Å²) < 4.78 is 7.01. The fourth-order valence-electron chi connectivity index (χ4n) is 1.67. The number of hydrogen-bond acceptors (Lipinski definition) is 5. The minimum Gasteiger partial charge on any atom is -0.332 e. The molecule has 0 spiro atoms. The Morgan fingerprint density at radius 3 is 2.72 bits per heavy atom. The van der Waals surface area contributed by atoms with Gasteiger partial charge in [-0.05, 0) is 18.4 Å². The molecule has 0 aromatic carbocycles. The number of aryl methyl sites for hydroxylation is 2. The number of nitrogens with two attached hydrogens (primary N) is 1. The first-order valence-electron chi connectivity index (χ1n) is 6.15. The van der Waals surface area contributed by atoms with Gasteiger partial charge in [-0.3, -0.25) is 4.68 Å². The molecule has 0 bridgehead atoms. The van der Waals surface area contributed by atoms with Crippen LogP contribution in [0.1, 0.15) is 38.3 Å². The average Bonchev–Trinajstić information content (AvgIpc) is 2.93. The van der Waals surface area contributed by atoms with E-state index in [0.29, 0.717) is 11.7 Å². The minimum atomic E-state index is -0.207. The third-order valence-corrected chi connectivity index (χ3v) is 2.97. The van der Waals surface area contributed by atoms with Crippen molar-refractivity contribution in [2.45, 2.75) is 33.2 Å². The van der Waals surface area contributed by atoms with Crippen molar-refractivity contribution in [2.75, 3.05) is 0 Å². The molecule has 0 aliphatic heterocycles. The molecular formula is C12H19N5O. The zero-order valence-corrected chi connectivity index (χ0v) is 11.2. The van der Waals surface area contributed by atoms with E-state index in [1.54, 1.807) is 4.68 Å². The molecule has 2 heterocycles. The SMILES string of the molecule is CCc1cc(-c2nc(C(N)C(C)C)no2)n(C)n1. The van der Waals surface area contributed by atoms with Crippen LogP contribution in [-0.2, 0) is 13.5 Å². The van der Waals surface area contributed by atoms with Gasteiger partial charge in [-0.25, -0.2) is 0 Å². The molecule has 0 radical (unpaired) electrons. The quantitative estimate of drug-likeness (QED) is 0.891. The maximum absolute atomic E-state index is 5.99. The van der Waals surface area contributed by atoms with E-state index >= 15 is 0 Å². The summed E-state index contributed by atoms with van der Waals surface area (Å²) in [6.07, 6.45) is 0.875. The van der Waals surface area contributed by atoms with E-state index < -0.39 is 0 Å². The summed E-state index contributed by atoms with van der Waals surface area (Å²) in [6.45, 7) is 6.11. The van der Waals surface area contributed by atoms with E-state index in [2.05, 4.69) is 22.2 Å². The van der Waals surface area contributed by atoms with Gasteiger partial charge in [0.25, 0.3) is 5.89 Å². The fourth-order valence-corrected chi connectivity index (χ4v) is 1.67. The second kappa shape index (κ2) is 4.89. The fraction of sp³-hybridized carbons (Fsp3) is 0.583. The van der Waals surface area contributed by atoms with Gasteiger partial charge in [-0.2, -0.15) is 10.1 Å². The van der Waals surface area contributed by atoms with Crippen LogP contribution in [0.5, 0.6) is 0 Å². The van der Waals surface area contributed by atoms with Crippen molar-refractivity contribution < 1.29 is 4.52 Å². The summed E-state index contributed by atoms with van der Waals surface area (Å²) in [5.41, 5.74) is 7.81. The molecule has 0 saturated carbocycles. The number of nitrogens with zero attached hydrogens (tertiary/aromatic N) is 4. The monoisotopic (exact) mass is 249 g/mol. The second-order valence-electron chi connectivity index (χ2n) is 4.73. The highest BCUT2D eigenvalue weighted by Gasteiger charge is 2.20. The topological polar surface area (TPSA) is 82.8 Å². The summed E-state index contributed by atoms with van der Waals surface area (Å²) in [6, 6.07) is 1.75. The summed E-state index contributed by atoms with van der Waals surface area (Å²) in [4.78, 5) is 4.35. The van der Waals surface area contributed by atoms with Crippen molar-refractivity contribution in [3.8, 4) is 11.6 Å². The third-order valence-electron chi connectivity index (χ3n) is 2.97. The van der Waals surface area contributed by atoms with Crippen LogP contribution in [0.15, 0.2) is 10.6 Å². The number of rotatable bonds is 4. The molecule has 0 aliphatic carbocycles. The number of aromatic nitrogens is 4. The van der Waals surface area contributed by atoms with Crippen molar-refractivity contribution in [1.82, 2.24) is 19.9 Å². The molecule has 0 aliphatic rings. The van der Waals surface area contributed by atoms with E-state index in [4.69, 9.17) is 10.3 Å². The van der Waals surface area contributed by atoms with E-state index in [1.807, 2.05) is 27.0 Å². The van der Waals surface area contributed by atoms with E-state index in [1.165, 1.54) is 0 Å². The highest BCUT2D eigenvalue weighted by atomic mass is 16.5. The third kappa shape index (κ3) is 2.28. The number of hydrogen-bond donors (Lipinski definition) is 1. The Labute approximate surface area is 106 Å². The Bertz CT molecular complexity index is 528. The zero-order valence-electron chi connectivity index (χ0n) is 11.2. The van der Waals surface area contributed by atoms with Gasteiger partial charge in [0.2, 0.25) is 0 Å². The maximum Gasteiger partial charge on any atom is 0.276 e. The predicted molar refractivity (Wildman–Crippen MR) is 67.6 cm³/mol. The van der Waals surface area contributed by atoms with Crippen LogP contribution >= 0.6 is 0 Å². The van der Waals surface area contributed by atoms with Gasteiger partial charge < -0.3 is 10.3 Å². The highest BCUT2D eigenvalue weighted by molar-refractivity contribution is 5.47. The molecule has 98 valence electrons. The average molecular weight is 249 g/mol. The van der Waals surface area contributed by atoms with Gasteiger partial charge >= 0.3 is 0 Å². The van der Waals surface area contributed by atoms with Crippen LogP contribution in [0.4, 0.5) is 0 Å². The molecule has 0 amide bonds. The van der Waals surface area contributed by atoms with E-state index in [9.17, 15) is 0 Å². The molecule has 2 rings (SSSR count). The Kier molecular flexibility index (Phi) is 3.47. The smallest absolute Gasteiger partial charge is 0.276 e. The van der Waals surface area contributed by atoms with Crippen LogP contribution < -0.4 is 5.73 Å². The van der Waals surface area contributed by atoms with E-state index in [-0.39, 0.29) is 12.0 Å². The lowest BCUT2D eigenvalue weighted by atomic mass is 10.1. The van der Waals surface area contributed by atoms with Gasteiger partial charge in [0, 0.05) is 7.05 Å². The van der Waals surface area contributed by atoms with Crippen LogP contribution in [0, 0.1) is 5.92 Å². The van der Waals surface area contributed by atoms with Gasteiger partial charge in [-0.1, -0.05) is 25.9 Å². The summed E-state index contributed by atoms with van der Waals surface area (Å²) in [5, 5.41) is 8.29. The largest absolute Gasteiger partial charge is 0.332 e. The molecule has 1 unspecified atom stereocenters. The first-order valence-corrected chi connectivity index (χ1v) is 6.15. The highest BCUT2D eigenvalue weighted by Crippen LogP contribution is 2.22. The normalized spacial score (nSPS) is 13.2. The van der Waals surface area contributed by atoms with Crippen LogP contribution in [-0.4, -0.2) is 19.9 Å². The zero-order chi connectivity index (χ0) is 13.3. The van der Waals surface area contributed by atoms with E-state index in [0.717, 1.165) is 17.8 Å². The summed E-state index contributed by atoms with van der Waals surface area (Å²) in [7, 11) is 1.86. The van der Waals surface area contributed by atoms with Gasteiger partial charge in [0.15, 0.2) is 5.82 Å². The standard InChI is InChI=1S/C12H19N5O/c1-5-8-6-9(17(4)15-8)12-14-11(16-18-12)10(13)7(2)3/h6-7,10H,5,13H2,1-4H3. The lowest BCUT2D eigenvalue weighted by Gasteiger charge is -2.09. The molecule has 2 aromatic heterocycles. The van der Waals surface area contributed by atoms with Crippen molar-refractivity contribution in [2.24, 2.45) is 18.7 Å². The first-order chi connectivity index (χ1) is 8.52. The Balaban J connectivity index is 2.31. The lowest BCUT2D eigenvalue weighted by Crippen LogP contribution is -2.18. The van der Waals surface area contributed by atoms with Crippen LogP contribution in [0.25, 0.3) is 11.6 Å². The molecule has 0 fully saturated rings. The Morgan fingerprint density at radius 1 is 1.44 bits per heavy atom. The lowest BCUT2D eigenvalue weighted by molar-refractivity contribution is 0.398. The maximum atomic E-state index is 5.99.